The van der Waals surface area contributed by atoms with Crippen molar-refractivity contribution in [2.75, 3.05) is 5.32 Å². The Morgan fingerprint density at radius 2 is 1.76 bits per heavy atom. The van der Waals surface area contributed by atoms with Crippen LogP contribution in [0.15, 0.2) is 82.4 Å². The molecule has 2 heterocycles. The van der Waals surface area contributed by atoms with Gasteiger partial charge in [-0.25, -0.2) is 9.78 Å². The highest BCUT2D eigenvalue weighted by Gasteiger charge is 2.12. The van der Waals surface area contributed by atoms with Crippen LogP contribution in [-0.2, 0) is 13.1 Å². The second kappa shape index (κ2) is 10.1. The van der Waals surface area contributed by atoms with Gasteiger partial charge in [0.15, 0.2) is 0 Å². The molecule has 0 saturated carbocycles. The summed E-state index contributed by atoms with van der Waals surface area (Å²) in [7, 11) is 0. The Bertz CT molecular complexity index is 1470. The lowest BCUT2D eigenvalue weighted by molar-refractivity contribution is 0.462. The molecule has 0 unspecified atom stereocenters. The molecule has 0 bridgehead atoms. The maximum atomic E-state index is 13.0. The molecule has 2 aromatic heterocycles. The highest BCUT2D eigenvalue weighted by molar-refractivity contribution is 6.30. The number of nitrogens with zero attached hydrogens (tertiary/aromatic N) is 4. The maximum Gasteiger partial charge on any atom is 0.332 e. The molecule has 1 N–H and O–H groups in total. The first-order valence-electron chi connectivity index (χ1n) is 10.5. The van der Waals surface area contributed by atoms with E-state index in [1.165, 1.54) is 15.2 Å². The number of pyridine rings is 1. The zero-order valence-corrected chi connectivity index (χ0v) is 19.0. The van der Waals surface area contributed by atoms with Crippen LogP contribution in [0.1, 0.15) is 18.2 Å². The third kappa shape index (κ3) is 5.17. The molecule has 9 heteroatoms. The zero-order valence-electron chi connectivity index (χ0n) is 18.2. The molecule has 170 valence electrons. The Balaban J connectivity index is 1.61. The zero-order chi connectivity index (χ0) is 24.1. The second-order valence-corrected chi connectivity index (χ2v) is 7.77. The Labute approximate surface area is 200 Å². The number of ether oxygens (including phenoxy) is 1. The number of benzene rings is 2. The van der Waals surface area contributed by atoms with Gasteiger partial charge in [0, 0.05) is 29.4 Å². The molecule has 0 aliphatic carbocycles. The highest BCUT2D eigenvalue weighted by Crippen LogP contribution is 2.23. The normalized spacial score (nSPS) is 10.5. The number of nitrogens with one attached hydrogen (secondary N) is 1. The van der Waals surface area contributed by atoms with Crippen LogP contribution in [0.4, 0.5) is 11.5 Å². The number of aromatic nitrogens is 3. The van der Waals surface area contributed by atoms with Crippen LogP contribution in [0.3, 0.4) is 0 Å². The van der Waals surface area contributed by atoms with Crippen molar-refractivity contribution in [1.82, 2.24) is 14.1 Å². The SMILES string of the molecule is CCn1c(=O)cc(Nc2ccc(Oc3cccc(C#N)n3)cc2)n(Cc2ccc(Cl)cc2)c1=O. The monoisotopic (exact) mass is 473 g/mol. The van der Waals surface area contributed by atoms with Crippen LogP contribution in [-0.4, -0.2) is 14.1 Å². The standard InChI is InChI=1S/C25H20ClN5O3/c1-2-30-24(32)14-22(31(25(30)33)16-17-6-8-18(26)9-7-17)28-19-10-12-21(13-11-19)34-23-5-3-4-20(15-27)29-23/h3-14,28H,2,16H2,1H3. The van der Waals surface area contributed by atoms with Crippen LogP contribution in [0.25, 0.3) is 0 Å². The lowest BCUT2D eigenvalue weighted by Gasteiger charge is -2.16. The van der Waals surface area contributed by atoms with E-state index < -0.39 is 5.69 Å². The van der Waals surface area contributed by atoms with E-state index >= 15 is 0 Å². The van der Waals surface area contributed by atoms with Crippen molar-refractivity contribution in [3.05, 3.63) is 110 Å². The minimum absolute atomic E-state index is 0.260. The molecular formula is C25H20ClN5O3. The number of hydrogen-bond donors (Lipinski definition) is 1. The molecule has 0 atom stereocenters. The van der Waals surface area contributed by atoms with Crippen LogP contribution in [0, 0.1) is 11.3 Å². The smallest absolute Gasteiger partial charge is 0.332 e. The number of hydrogen-bond acceptors (Lipinski definition) is 6. The molecule has 34 heavy (non-hydrogen) atoms. The van der Waals surface area contributed by atoms with Gasteiger partial charge in [0.25, 0.3) is 5.56 Å². The van der Waals surface area contributed by atoms with E-state index in [9.17, 15) is 9.59 Å². The van der Waals surface area contributed by atoms with E-state index in [0.717, 1.165) is 5.56 Å². The lowest BCUT2D eigenvalue weighted by Crippen LogP contribution is -2.40. The Kier molecular flexibility index (Phi) is 6.76. The molecule has 0 aliphatic heterocycles. The summed E-state index contributed by atoms with van der Waals surface area (Å²) < 4.78 is 8.39. The summed E-state index contributed by atoms with van der Waals surface area (Å²) in [5.41, 5.74) is 0.994. The van der Waals surface area contributed by atoms with Crippen molar-refractivity contribution in [1.29, 1.82) is 5.26 Å². The van der Waals surface area contributed by atoms with Gasteiger partial charge >= 0.3 is 5.69 Å². The van der Waals surface area contributed by atoms with Gasteiger partial charge in [0.1, 0.15) is 23.3 Å². The minimum Gasteiger partial charge on any atom is -0.439 e. The summed E-state index contributed by atoms with van der Waals surface area (Å²) in [5.74, 6) is 1.19. The molecule has 0 aliphatic rings. The molecule has 4 aromatic rings. The average molecular weight is 474 g/mol. The van der Waals surface area contributed by atoms with E-state index in [0.29, 0.717) is 28.2 Å². The fourth-order valence-electron chi connectivity index (χ4n) is 3.34. The predicted molar refractivity (Wildman–Crippen MR) is 130 cm³/mol. The van der Waals surface area contributed by atoms with Gasteiger partial charge in [-0.05, 0) is 55.0 Å². The van der Waals surface area contributed by atoms with E-state index in [-0.39, 0.29) is 24.3 Å². The van der Waals surface area contributed by atoms with Crippen molar-refractivity contribution in [2.24, 2.45) is 0 Å². The topological polar surface area (TPSA) is 102 Å². The number of halogens is 1. The van der Waals surface area contributed by atoms with Crippen LogP contribution in [0.5, 0.6) is 11.6 Å². The lowest BCUT2D eigenvalue weighted by atomic mass is 10.2. The molecule has 2 aromatic carbocycles. The summed E-state index contributed by atoms with van der Waals surface area (Å²) in [4.78, 5) is 29.6. The van der Waals surface area contributed by atoms with Gasteiger partial charge in [-0.15, -0.1) is 0 Å². The number of nitriles is 1. The van der Waals surface area contributed by atoms with Crippen molar-refractivity contribution in [3.8, 4) is 17.7 Å². The quantitative estimate of drug-likeness (QED) is 0.423. The molecule has 0 amide bonds. The summed E-state index contributed by atoms with van der Waals surface area (Å²) in [5, 5.41) is 12.7. The summed E-state index contributed by atoms with van der Waals surface area (Å²) in [6, 6.07) is 22.4. The van der Waals surface area contributed by atoms with Crippen molar-refractivity contribution in [2.45, 2.75) is 20.0 Å². The van der Waals surface area contributed by atoms with Crippen molar-refractivity contribution in [3.63, 3.8) is 0 Å². The first-order valence-corrected chi connectivity index (χ1v) is 10.9. The van der Waals surface area contributed by atoms with Crippen molar-refractivity contribution < 1.29 is 4.74 Å². The fourth-order valence-corrected chi connectivity index (χ4v) is 3.47. The van der Waals surface area contributed by atoms with E-state index in [1.807, 2.05) is 18.2 Å². The summed E-state index contributed by atoms with van der Waals surface area (Å²) in [6.07, 6.45) is 0. The molecule has 0 fully saturated rings. The largest absolute Gasteiger partial charge is 0.439 e. The fraction of sp³-hybridized carbons (Fsp3) is 0.120. The van der Waals surface area contributed by atoms with Crippen LogP contribution < -0.4 is 21.3 Å². The van der Waals surface area contributed by atoms with E-state index in [1.54, 1.807) is 61.5 Å². The third-order valence-corrected chi connectivity index (χ3v) is 5.29. The van der Waals surface area contributed by atoms with Gasteiger partial charge in [-0.3, -0.25) is 13.9 Å². The van der Waals surface area contributed by atoms with Gasteiger partial charge in [-0.1, -0.05) is 29.8 Å². The molecular weight excluding hydrogens is 454 g/mol. The molecule has 4 rings (SSSR count). The third-order valence-electron chi connectivity index (χ3n) is 5.04. The molecule has 0 radical (unpaired) electrons. The number of anilines is 2. The Morgan fingerprint density at radius 3 is 2.44 bits per heavy atom. The highest BCUT2D eigenvalue weighted by atomic mass is 35.5. The number of rotatable bonds is 7. The first-order chi connectivity index (χ1) is 16.5. The molecule has 0 spiro atoms. The Hall–Kier alpha value is -4.35. The van der Waals surface area contributed by atoms with E-state index in [4.69, 9.17) is 21.6 Å². The van der Waals surface area contributed by atoms with Gasteiger partial charge in [-0.2, -0.15) is 5.26 Å². The van der Waals surface area contributed by atoms with Gasteiger partial charge < -0.3 is 10.1 Å². The summed E-state index contributed by atoms with van der Waals surface area (Å²) in [6.45, 7) is 2.29. The van der Waals surface area contributed by atoms with Crippen LogP contribution in [0.2, 0.25) is 5.02 Å². The average Bonchev–Trinajstić information content (AvgIpc) is 2.84. The molecule has 0 saturated heterocycles. The van der Waals surface area contributed by atoms with E-state index in [2.05, 4.69) is 10.3 Å². The Morgan fingerprint density at radius 1 is 1.03 bits per heavy atom. The van der Waals surface area contributed by atoms with Gasteiger partial charge in [0.05, 0.1) is 6.54 Å². The predicted octanol–water partition coefficient (Wildman–Crippen LogP) is 4.53. The molecule has 8 nitrogen and oxygen atoms in total. The van der Waals surface area contributed by atoms with Crippen LogP contribution >= 0.6 is 11.6 Å². The maximum absolute atomic E-state index is 13.0. The second-order valence-electron chi connectivity index (χ2n) is 7.33. The summed E-state index contributed by atoms with van der Waals surface area (Å²) >= 11 is 5.98. The van der Waals surface area contributed by atoms with Gasteiger partial charge in [0.2, 0.25) is 5.88 Å². The van der Waals surface area contributed by atoms with Crippen molar-refractivity contribution >= 4 is 23.1 Å². The minimum atomic E-state index is -0.407. The first kappa shape index (κ1) is 22.8.